The Labute approximate surface area is 100 Å². The van der Waals surface area contributed by atoms with Gasteiger partial charge in [0, 0.05) is 6.42 Å². The van der Waals surface area contributed by atoms with Crippen molar-refractivity contribution >= 4 is 5.78 Å². The number of hydrogen-bond donors (Lipinski definition) is 0. The summed E-state index contributed by atoms with van der Waals surface area (Å²) >= 11 is 0. The molecule has 0 bridgehead atoms. The average molecular weight is 222 g/mol. The Hall–Kier alpha value is -0.590. The fourth-order valence-electron chi connectivity index (χ4n) is 3.33. The van der Waals surface area contributed by atoms with Gasteiger partial charge in [0.05, 0.1) is 0 Å². The average Bonchev–Trinajstić information content (AvgIpc) is 2.10. The van der Waals surface area contributed by atoms with Gasteiger partial charge in [0.1, 0.15) is 5.78 Å². The predicted octanol–water partition coefficient (Wildman–Crippen LogP) is 4.37. The number of hydrogen-bond acceptors (Lipinski definition) is 1. The van der Waals surface area contributed by atoms with Gasteiger partial charge in [-0.05, 0) is 43.9 Å². The fraction of sp³-hybridized carbons (Fsp3) is 0.800. The Morgan fingerprint density at radius 1 is 1.50 bits per heavy atom. The molecule has 0 N–H and O–H groups in total. The SMILES string of the molecule is CC(=O)CC(C)C1=C(C)CCC(C)C1(C)C. The summed E-state index contributed by atoms with van der Waals surface area (Å²) in [6.45, 7) is 13.2. The minimum absolute atomic E-state index is 0.261. The van der Waals surface area contributed by atoms with E-state index in [9.17, 15) is 4.79 Å². The molecular formula is C15H26O. The lowest BCUT2D eigenvalue weighted by atomic mass is 9.62. The molecule has 1 nitrogen and oxygen atoms in total. The van der Waals surface area contributed by atoms with E-state index in [2.05, 4.69) is 34.6 Å². The van der Waals surface area contributed by atoms with E-state index in [4.69, 9.17) is 0 Å². The van der Waals surface area contributed by atoms with Crippen LogP contribution in [0.4, 0.5) is 0 Å². The Morgan fingerprint density at radius 3 is 2.56 bits per heavy atom. The molecule has 0 amide bonds. The highest BCUT2D eigenvalue weighted by Gasteiger charge is 2.36. The van der Waals surface area contributed by atoms with Gasteiger partial charge in [0.2, 0.25) is 0 Å². The van der Waals surface area contributed by atoms with E-state index in [1.54, 1.807) is 12.5 Å². The van der Waals surface area contributed by atoms with Crippen molar-refractivity contribution in [2.45, 2.75) is 60.8 Å². The Bertz CT molecular complexity index is 309. The molecule has 0 aromatic carbocycles. The van der Waals surface area contributed by atoms with Crippen LogP contribution in [0.1, 0.15) is 60.8 Å². The standard InChI is InChI=1S/C15H26O/c1-10-7-8-12(3)15(5,6)14(10)11(2)9-13(4)16/h11-12H,7-9H2,1-6H3. The van der Waals surface area contributed by atoms with Crippen LogP contribution in [-0.4, -0.2) is 5.78 Å². The first-order valence-electron chi connectivity index (χ1n) is 6.46. The van der Waals surface area contributed by atoms with Gasteiger partial charge in [-0.2, -0.15) is 0 Å². The normalized spacial score (nSPS) is 26.8. The summed E-state index contributed by atoms with van der Waals surface area (Å²) in [7, 11) is 0. The number of Topliss-reactive ketones (excluding diaryl/α,β-unsaturated/α-hetero) is 1. The van der Waals surface area contributed by atoms with E-state index < -0.39 is 0 Å². The summed E-state index contributed by atoms with van der Waals surface area (Å²) < 4.78 is 0. The quantitative estimate of drug-likeness (QED) is 0.648. The molecule has 0 saturated heterocycles. The van der Waals surface area contributed by atoms with Gasteiger partial charge < -0.3 is 4.79 Å². The predicted molar refractivity (Wildman–Crippen MR) is 69.3 cm³/mol. The zero-order valence-corrected chi connectivity index (χ0v) is 11.7. The second kappa shape index (κ2) is 4.73. The van der Waals surface area contributed by atoms with Crippen LogP contribution >= 0.6 is 0 Å². The van der Waals surface area contributed by atoms with E-state index >= 15 is 0 Å². The van der Waals surface area contributed by atoms with Crippen LogP contribution in [-0.2, 0) is 4.79 Å². The Kier molecular flexibility index (Phi) is 3.98. The lowest BCUT2D eigenvalue weighted by molar-refractivity contribution is -0.117. The summed E-state index contributed by atoms with van der Waals surface area (Å²) in [5, 5.41) is 0. The molecule has 0 aromatic heterocycles. The van der Waals surface area contributed by atoms with Crippen molar-refractivity contribution in [3.8, 4) is 0 Å². The molecule has 0 fully saturated rings. The zero-order chi connectivity index (χ0) is 12.5. The molecule has 1 heteroatoms. The van der Waals surface area contributed by atoms with E-state index in [1.807, 2.05) is 0 Å². The fourth-order valence-corrected chi connectivity index (χ4v) is 3.33. The van der Waals surface area contributed by atoms with Crippen LogP contribution in [0.25, 0.3) is 0 Å². The van der Waals surface area contributed by atoms with Crippen molar-refractivity contribution in [2.24, 2.45) is 17.3 Å². The minimum Gasteiger partial charge on any atom is -0.300 e. The van der Waals surface area contributed by atoms with Crippen molar-refractivity contribution < 1.29 is 4.79 Å². The van der Waals surface area contributed by atoms with Crippen molar-refractivity contribution in [2.75, 3.05) is 0 Å². The van der Waals surface area contributed by atoms with Gasteiger partial charge in [-0.15, -0.1) is 0 Å². The number of carbonyl (C=O) groups is 1. The second-order valence-electron chi connectivity index (χ2n) is 6.16. The van der Waals surface area contributed by atoms with Gasteiger partial charge in [0.15, 0.2) is 0 Å². The molecule has 92 valence electrons. The van der Waals surface area contributed by atoms with Crippen LogP contribution in [0.3, 0.4) is 0 Å². The topological polar surface area (TPSA) is 17.1 Å². The van der Waals surface area contributed by atoms with Gasteiger partial charge >= 0.3 is 0 Å². The zero-order valence-electron chi connectivity index (χ0n) is 11.7. The summed E-state index contributed by atoms with van der Waals surface area (Å²) in [6.07, 6.45) is 3.19. The van der Waals surface area contributed by atoms with Crippen LogP contribution in [0.15, 0.2) is 11.1 Å². The molecule has 0 radical (unpaired) electrons. The largest absolute Gasteiger partial charge is 0.300 e. The first kappa shape index (κ1) is 13.5. The van der Waals surface area contributed by atoms with Crippen molar-refractivity contribution in [3.05, 3.63) is 11.1 Å². The smallest absolute Gasteiger partial charge is 0.130 e. The molecule has 0 heterocycles. The van der Waals surface area contributed by atoms with Gasteiger partial charge in [0.25, 0.3) is 0 Å². The van der Waals surface area contributed by atoms with Crippen LogP contribution < -0.4 is 0 Å². The third-order valence-electron chi connectivity index (χ3n) is 4.42. The lowest BCUT2D eigenvalue weighted by Gasteiger charge is -2.42. The Morgan fingerprint density at radius 2 is 2.06 bits per heavy atom. The van der Waals surface area contributed by atoms with Crippen LogP contribution in [0.2, 0.25) is 0 Å². The van der Waals surface area contributed by atoms with Gasteiger partial charge in [-0.3, -0.25) is 0 Å². The highest BCUT2D eigenvalue weighted by atomic mass is 16.1. The minimum atomic E-state index is 0.261. The molecule has 0 spiro atoms. The van der Waals surface area contributed by atoms with E-state index in [0.717, 1.165) is 5.92 Å². The molecule has 1 aliphatic carbocycles. The Balaban J connectivity index is 3.02. The molecule has 2 atom stereocenters. The summed E-state index contributed by atoms with van der Waals surface area (Å²) in [5.41, 5.74) is 3.33. The first-order chi connectivity index (χ1) is 7.26. The number of carbonyl (C=O) groups excluding carboxylic acids is 1. The third kappa shape index (κ3) is 2.56. The summed E-state index contributed by atoms with van der Waals surface area (Å²) in [6, 6.07) is 0. The number of allylic oxidation sites excluding steroid dienone is 2. The van der Waals surface area contributed by atoms with Gasteiger partial charge in [-0.25, -0.2) is 0 Å². The second-order valence-corrected chi connectivity index (χ2v) is 6.16. The molecular weight excluding hydrogens is 196 g/mol. The molecule has 0 aromatic rings. The maximum Gasteiger partial charge on any atom is 0.130 e. The maximum absolute atomic E-state index is 11.3. The molecule has 1 rings (SSSR count). The maximum atomic E-state index is 11.3. The lowest BCUT2D eigenvalue weighted by Crippen LogP contribution is -2.32. The van der Waals surface area contributed by atoms with Crippen molar-refractivity contribution in [1.29, 1.82) is 0 Å². The highest BCUT2D eigenvalue weighted by Crippen LogP contribution is 2.47. The third-order valence-corrected chi connectivity index (χ3v) is 4.42. The van der Waals surface area contributed by atoms with Gasteiger partial charge in [-0.1, -0.05) is 38.8 Å². The number of rotatable bonds is 3. The first-order valence-corrected chi connectivity index (χ1v) is 6.46. The van der Waals surface area contributed by atoms with E-state index in [1.165, 1.54) is 18.4 Å². The number of ketones is 1. The monoisotopic (exact) mass is 222 g/mol. The summed E-state index contributed by atoms with van der Waals surface area (Å²) in [4.78, 5) is 11.3. The van der Waals surface area contributed by atoms with E-state index in [0.29, 0.717) is 18.1 Å². The highest BCUT2D eigenvalue weighted by molar-refractivity contribution is 5.76. The molecule has 0 saturated carbocycles. The molecule has 16 heavy (non-hydrogen) atoms. The molecule has 1 aliphatic rings. The molecule has 2 unspecified atom stereocenters. The van der Waals surface area contributed by atoms with Crippen molar-refractivity contribution in [3.63, 3.8) is 0 Å². The van der Waals surface area contributed by atoms with E-state index in [-0.39, 0.29) is 5.41 Å². The van der Waals surface area contributed by atoms with Crippen LogP contribution in [0.5, 0.6) is 0 Å². The van der Waals surface area contributed by atoms with Crippen LogP contribution in [0, 0.1) is 17.3 Å². The summed E-state index contributed by atoms with van der Waals surface area (Å²) in [5.74, 6) is 1.44. The molecule has 0 aliphatic heterocycles. The van der Waals surface area contributed by atoms with Crippen molar-refractivity contribution in [1.82, 2.24) is 0 Å².